The number of hydrogen-bond donors (Lipinski definition) is 2. The first-order valence-electron chi connectivity index (χ1n) is 6.46. The lowest BCUT2D eigenvalue weighted by molar-refractivity contribution is -0.136. The molecule has 21 heavy (non-hydrogen) atoms. The van der Waals surface area contributed by atoms with Crippen LogP contribution in [0.4, 0.5) is 5.69 Å². The van der Waals surface area contributed by atoms with Crippen molar-refractivity contribution in [1.29, 1.82) is 0 Å². The van der Waals surface area contributed by atoms with Crippen molar-refractivity contribution in [3.8, 4) is 0 Å². The topological polar surface area (TPSA) is 70.6 Å². The Bertz CT molecular complexity index is 651. The minimum absolute atomic E-state index is 0.641. The second-order valence-electron chi connectivity index (χ2n) is 4.18. The van der Waals surface area contributed by atoms with Crippen LogP contribution in [0.25, 0.3) is 0 Å². The molecular weight excluding hydrogens is 286 g/mol. The smallest absolute Gasteiger partial charge is 0.317 e. The molecule has 2 rings (SSSR count). The molecule has 0 aliphatic carbocycles. The van der Waals surface area contributed by atoms with Crippen LogP contribution in [0.5, 0.6) is 0 Å². The number of carbonyl (C=O) groups is 2. The van der Waals surface area contributed by atoms with Gasteiger partial charge in [0.2, 0.25) is 0 Å². The Labute approximate surface area is 126 Å². The Morgan fingerprint density at radius 1 is 1.19 bits per heavy atom. The number of rotatable bonds is 4. The Balaban J connectivity index is 1.92. The number of aryl methyl sites for hydroxylation is 1. The summed E-state index contributed by atoms with van der Waals surface area (Å²) >= 11 is 1.49. The Hall–Kier alpha value is -2.47. The van der Waals surface area contributed by atoms with Gasteiger partial charge in [0.15, 0.2) is 0 Å². The molecule has 2 amide bonds. The van der Waals surface area contributed by atoms with Crippen LogP contribution in [0.1, 0.15) is 17.4 Å². The maximum Gasteiger partial charge on any atom is 0.329 e. The third-order valence-corrected chi connectivity index (χ3v) is 3.56. The third-order valence-electron chi connectivity index (χ3n) is 2.75. The summed E-state index contributed by atoms with van der Waals surface area (Å²) in [5, 5.41) is 8.23. The van der Waals surface area contributed by atoms with Gasteiger partial charge in [-0.15, -0.1) is 11.3 Å². The highest BCUT2D eigenvalue weighted by molar-refractivity contribution is 7.11. The van der Waals surface area contributed by atoms with Gasteiger partial charge in [-0.25, -0.2) is 5.43 Å². The van der Waals surface area contributed by atoms with E-state index in [1.807, 2.05) is 42.6 Å². The third kappa shape index (κ3) is 4.25. The molecule has 0 spiro atoms. The first-order valence-corrected chi connectivity index (χ1v) is 7.34. The number of amides is 2. The average Bonchev–Trinajstić information content (AvgIpc) is 3.01. The molecule has 1 heterocycles. The largest absolute Gasteiger partial charge is 0.329 e. The van der Waals surface area contributed by atoms with E-state index in [0.29, 0.717) is 5.69 Å². The molecule has 5 nitrogen and oxygen atoms in total. The summed E-state index contributed by atoms with van der Waals surface area (Å²) in [7, 11) is 0. The van der Waals surface area contributed by atoms with Crippen LogP contribution in [0, 0.1) is 0 Å². The summed E-state index contributed by atoms with van der Waals surface area (Å²) in [6, 6.07) is 11.1. The summed E-state index contributed by atoms with van der Waals surface area (Å²) in [5.74, 6) is -1.53. The number of nitrogens with zero attached hydrogens (tertiary/aromatic N) is 1. The zero-order chi connectivity index (χ0) is 15.1. The van der Waals surface area contributed by atoms with Crippen molar-refractivity contribution >= 4 is 35.1 Å². The number of benzene rings is 1. The molecule has 0 unspecified atom stereocenters. The van der Waals surface area contributed by atoms with Gasteiger partial charge in [0.25, 0.3) is 0 Å². The molecule has 0 aliphatic heterocycles. The van der Waals surface area contributed by atoms with Crippen molar-refractivity contribution in [3.63, 3.8) is 0 Å². The summed E-state index contributed by atoms with van der Waals surface area (Å²) < 4.78 is 0. The van der Waals surface area contributed by atoms with E-state index in [1.165, 1.54) is 17.6 Å². The average molecular weight is 301 g/mol. The standard InChI is InChI=1S/C15H15N3O2S/c1-2-11-6-3-4-8-13(11)17-14(19)15(20)18-16-10-12-7-5-9-21-12/h3-10H,2H2,1H3,(H,17,19)(H,18,20)/b16-10-. The number of para-hydroxylation sites is 1. The maximum atomic E-state index is 11.8. The highest BCUT2D eigenvalue weighted by atomic mass is 32.1. The molecule has 0 atom stereocenters. The van der Waals surface area contributed by atoms with Crippen molar-refractivity contribution in [2.45, 2.75) is 13.3 Å². The fourth-order valence-corrected chi connectivity index (χ4v) is 2.28. The second-order valence-corrected chi connectivity index (χ2v) is 5.16. The van der Waals surface area contributed by atoms with E-state index in [-0.39, 0.29) is 0 Å². The molecule has 2 aromatic rings. The van der Waals surface area contributed by atoms with E-state index in [2.05, 4.69) is 15.8 Å². The highest BCUT2D eigenvalue weighted by Crippen LogP contribution is 2.15. The van der Waals surface area contributed by atoms with Gasteiger partial charge in [-0.3, -0.25) is 9.59 Å². The monoisotopic (exact) mass is 301 g/mol. The first kappa shape index (κ1) is 14.9. The van der Waals surface area contributed by atoms with E-state index < -0.39 is 11.8 Å². The van der Waals surface area contributed by atoms with Gasteiger partial charge in [-0.1, -0.05) is 31.2 Å². The number of thiophene rings is 1. The lowest BCUT2D eigenvalue weighted by Gasteiger charge is -2.08. The van der Waals surface area contributed by atoms with E-state index in [4.69, 9.17) is 0 Å². The van der Waals surface area contributed by atoms with E-state index in [9.17, 15) is 9.59 Å². The Kier molecular flexibility index (Phi) is 5.22. The zero-order valence-corrected chi connectivity index (χ0v) is 12.3. The number of carbonyl (C=O) groups excluding carboxylic acids is 2. The number of nitrogens with one attached hydrogen (secondary N) is 2. The molecule has 0 fully saturated rings. The predicted octanol–water partition coefficient (Wildman–Crippen LogP) is 2.40. The van der Waals surface area contributed by atoms with E-state index in [1.54, 1.807) is 6.07 Å². The molecule has 0 saturated heterocycles. The highest BCUT2D eigenvalue weighted by Gasteiger charge is 2.14. The molecule has 0 aliphatic rings. The van der Waals surface area contributed by atoms with Gasteiger partial charge in [0, 0.05) is 10.6 Å². The van der Waals surface area contributed by atoms with Gasteiger partial charge in [0.05, 0.1) is 6.21 Å². The van der Waals surface area contributed by atoms with Gasteiger partial charge in [-0.05, 0) is 29.5 Å². The van der Waals surface area contributed by atoms with Crippen molar-refractivity contribution in [2.75, 3.05) is 5.32 Å². The quantitative estimate of drug-likeness (QED) is 0.517. The minimum Gasteiger partial charge on any atom is -0.317 e. The fourth-order valence-electron chi connectivity index (χ4n) is 1.70. The molecule has 6 heteroatoms. The Morgan fingerprint density at radius 2 is 2.00 bits per heavy atom. The number of hydrogen-bond acceptors (Lipinski definition) is 4. The van der Waals surface area contributed by atoms with Crippen LogP contribution in [0.15, 0.2) is 46.9 Å². The van der Waals surface area contributed by atoms with E-state index >= 15 is 0 Å². The molecular formula is C15H15N3O2S. The molecule has 0 saturated carbocycles. The predicted molar refractivity (Wildman–Crippen MR) is 84.5 cm³/mol. The van der Waals surface area contributed by atoms with Crippen LogP contribution in [0.2, 0.25) is 0 Å². The number of anilines is 1. The second kappa shape index (κ2) is 7.35. The van der Waals surface area contributed by atoms with Crippen molar-refractivity contribution in [3.05, 3.63) is 52.2 Å². The SMILES string of the molecule is CCc1ccccc1NC(=O)C(=O)N/N=C\c1cccs1. The molecule has 0 radical (unpaired) electrons. The van der Waals surface area contributed by atoms with Gasteiger partial charge in [-0.2, -0.15) is 5.10 Å². The minimum atomic E-state index is -0.797. The van der Waals surface area contributed by atoms with Crippen LogP contribution >= 0.6 is 11.3 Å². The molecule has 1 aromatic carbocycles. The van der Waals surface area contributed by atoms with E-state index in [0.717, 1.165) is 16.9 Å². The van der Waals surface area contributed by atoms with Crippen molar-refractivity contribution in [1.82, 2.24) is 5.43 Å². The summed E-state index contributed by atoms with van der Waals surface area (Å²) in [5.41, 5.74) is 3.82. The van der Waals surface area contributed by atoms with Gasteiger partial charge in [0.1, 0.15) is 0 Å². The summed E-state index contributed by atoms with van der Waals surface area (Å²) in [4.78, 5) is 24.3. The summed E-state index contributed by atoms with van der Waals surface area (Å²) in [6.45, 7) is 1.98. The van der Waals surface area contributed by atoms with Crippen LogP contribution < -0.4 is 10.7 Å². The van der Waals surface area contributed by atoms with Crippen LogP contribution in [0.3, 0.4) is 0 Å². The number of hydrazone groups is 1. The van der Waals surface area contributed by atoms with Crippen LogP contribution in [-0.4, -0.2) is 18.0 Å². The van der Waals surface area contributed by atoms with Crippen molar-refractivity contribution in [2.24, 2.45) is 5.10 Å². The fraction of sp³-hybridized carbons (Fsp3) is 0.133. The molecule has 1 aromatic heterocycles. The Morgan fingerprint density at radius 3 is 2.71 bits per heavy atom. The molecule has 108 valence electrons. The lowest BCUT2D eigenvalue weighted by Crippen LogP contribution is -2.32. The first-order chi connectivity index (χ1) is 10.2. The normalized spacial score (nSPS) is 10.5. The molecule has 0 bridgehead atoms. The zero-order valence-electron chi connectivity index (χ0n) is 11.5. The van der Waals surface area contributed by atoms with Crippen LogP contribution in [-0.2, 0) is 16.0 Å². The molecule has 2 N–H and O–H groups in total. The maximum absolute atomic E-state index is 11.8. The van der Waals surface area contributed by atoms with Crippen molar-refractivity contribution < 1.29 is 9.59 Å². The van der Waals surface area contributed by atoms with Gasteiger partial charge >= 0.3 is 11.8 Å². The summed E-state index contributed by atoms with van der Waals surface area (Å²) in [6.07, 6.45) is 2.27. The van der Waals surface area contributed by atoms with Gasteiger partial charge < -0.3 is 5.32 Å². The lowest BCUT2D eigenvalue weighted by atomic mass is 10.1.